The molecule has 1 aromatic rings. The molecule has 0 unspecified atom stereocenters. The third-order valence-corrected chi connectivity index (χ3v) is 3.86. The van der Waals surface area contributed by atoms with Gasteiger partial charge in [-0.25, -0.2) is 4.98 Å². The Balaban J connectivity index is 1.72. The quantitative estimate of drug-likeness (QED) is 0.644. The molecule has 0 atom stereocenters. The summed E-state index contributed by atoms with van der Waals surface area (Å²) in [7, 11) is 0. The molecule has 1 aliphatic rings. The lowest BCUT2D eigenvalue weighted by Gasteiger charge is -2.09. The third-order valence-electron chi connectivity index (χ3n) is 3.86. The highest BCUT2D eigenvalue weighted by molar-refractivity contribution is 5.92. The van der Waals surface area contributed by atoms with Crippen LogP contribution in [-0.2, 0) is 0 Å². The molecule has 1 saturated carbocycles. The maximum atomic E-state index is 11.9. The molecule has 0 radical (unpaired) electrons. The van der Waals surface area contributed by atoms with E-state index in [1.807, 2.05) is 0 Å². The number of aromatic nitrogens is 1. The van der Waals surface area contributed by atoms with E-state index >= 15 is 0 Å². The van der Waals surface area contributed by atoms with Crippen LogP contribution in [0.25, 0.3) is 0 Å². The maximum Gasteiger partial charge on any atom is 0.269 e. The Labute approximate surface area is 126 Å². The first-order chi connectivity index (χ1) is 10.3. The Hall–Kier alpha value is -1.86. The van der Waals surface area contributed by atoms with Gasteiger partial charge in [-0.3, -0.25) is 4.79 Å². The van der Waals surface area contributed by atoms with Gasteiger partial charge >= 0.3 is 0 Å². The third kappa shape index (κ3) is 5.20. The van der Waals surface area contributed by atoms with Crippen LogP contribution in [0.15, 0.2) is 18.3 Å². The molecule has 2 N–H and O–H groups in total. The molecule has 112 valence electrons. The van der Waals surface area contributed by atoms with Crippen LogP contribution in [0, 0.1) is 17.8 Å². The molecule has 1 heterocycles. The van der Waals surface area contributed by atoms with Gasteiger partial charge in [0.05, 0.1) is 0 Å². The molecule has 4 heteroatoms. The summed E-state index contributed by atoms with van der Waals surface area (Å²) in [5, 5.41) is 11.5. The monoisotopic (exact) mass is 286 g/mol. The minimum absolute atomic E-state index is 0.136. The smallest absolute Gasteiger partial charge is 0.269 e. The molecule has 1 aliphatic carbocycles. The first kappa shape index (κ1) is 15.5. The zero-order chi connectivity index (χ0) is 14.9. The Morgan fingerprint density at radius 1 is 1.38 bits per heavy atom. The Bertz CT molecular complexity index is 508. The van der Waals surface area contributed by atoms with Gasteiger partial charge in [0, 0.05) is 18.3 Å². The fourth-order valence-corrected chi connectivity index (χ4v) is 2.73. The molecule has 4 nitrogen and oxygen atoms in total. The highest BCUT2D eigenvalue weighted by atomic mass is 16.2. The minimum atomic E-state index is -0.177. The van der Waals surface area contributed by atoms with E-state index < -0.39 is 0 Å². The van der Waals surface area contributed by atoms with Crippen molar-refractivity contribution in [3.05, 3.63) is 29.6 Å². The van der Waals surface area contributed by atoms with Gasteiger partial charge in [0.25, 0.3) is 5.91 Å². The number of nitrogens with zero attached hydrogens (tertiary/aromatic N) is 1. The number of pyridine rings is 1. The van der Waals surface area contributed by atoms with E-state index in [2.05, 4.69) is 22.1 Å². The largest absolute Gasteiger partial charge is 0.384 e. The molecule has 0 spiro atoms. The molecular weight excluding hydrogens is 264 g/mol. The van der Waals surface area contributed by atoms with Crippen molar-refractivity contribution >= 4 is 5.91 Å². The number of nitrogens with one attached hydrogen (secondary N) is 1. The van der Waals surface area contributed by atoms with Crippen LogP contribution in [0.4, 0.5) is 0 Å². The van der Waals surface area contributed by atoms with Crippen LogP contribution in [0.2, 0.25) is 0 Å². The highest BCUT2D eigenvalue weighted by Crippen LogP contribution is 2.28. The highest BCUT2D eigenvalue weighted by Gasteiger charge is 2.14. The van der Waals surface area contributed by atoms with E-state index in [1.165, 1.54) is 32.1 Å². The molecule has 21 heavy (non-hydrogen) atoms. The summed E-state index contributed by atoms with van der Waals surface area (Å²) in [6, 6.07) is 3.40. The second-order valence-electron chi connectivity index (χ2n) is 5.44. The molecule has 2 rings (SSSR count). The van der Waals surface area contributed by atoms with E-state index in [0.717, 1.165) is 12.3 Å². The van der Waals surface area contributed by atoms with Crippen LogP contribution in [0.3, 0.4) is 0 Å². The summed E-state index contributed by atoms with van der Waals surface area (Å²) < 4.78 is 0. The van der Waals surface area contributed by atoms with Crippen LogP contribution >= 0.6 is 0 Å². The number of rotatable bonds is 5. The predicted molar refractivity (Wildman–Crippen MR) is 81.7 cm³/mol. The summed E-state index contributed by atoms with van der Waals surface area (Å²) in [6.07, 6.45) is 9.24. The number of amides is 1. The van der Waals surface area contributed by atoms with Crippen molar-refractivity contribution in [1.82, 2.24) is 10.3 Å². The average molecular weight is 286 g/mol. The normalized spacial score (nSPS) is 14.5. The lowest BCUT2D eigenvalue weighted by Crippen LogP contribution is -2.25. The SMILES string of the molecule is O=C(NCCCC1CCCC1)c1ccc(C#CCO)cn1. The van der Waals surface area contributed by atoms with Gasteiger partial charge in [-0.05, 0) is 30.9 Å². The van der Waals surface area contributed by atoms with Crippen molar-refractivity contribution in [1.29, 1.82) is 0 Å². The van der Waals surface area contributed by atoms with Crippen molar-refractivity contribution in [2.75, 3.05) is 13.2 Å². The first-order valence-electron chi connectivity index (χ1n) is 7.63. The molecular formula is C17H22N2O2. The summed E-state index contributed by atoms with van der Waals surface area (Å²) in [5.41, 5.74) is 1.10. The second-order valence-corrected chi connectivity index (χ2v) is 5.44. The summed E-state index contributed by atoms with van der Waals surface area (Å²) in [4.78, 5) is 16.0. The molecule has 0 bridgehead atoms. The Kier molecular flexibility index (Phi) is 6.23. The first-order valence-corrected chi connectivity index (χ1v) is 7.63. The number of aliphatic hydroxyl groups excluding tert-OH is 1. The fourth-order valence-electron chi connectivity index (χ4n) is 2.73. The maximum absolute atomic E-state index is 11.9. The average Bonchev–Trinajstić information content (AvgIpc) is 3.03. The molecule has 1 aromatic heterocycles. The van der Waals surface area contributed by atoms with Gasteiger partial charge < -0.3 is 10.4 Å². The summed E-state index contributed by atoms with van der Waals surface area (Å²) in [5.74, 6) is 6.03. The number of hydrogen-bond donors (Lipinski definition) is 2. The van der Waals surface area contributed by atoms with E-state index in [4.69, 9.17) is 5.11 Å². The molecule has 0 aliphatic heterocycles. The lowest BCUT2D eigenvalue weighted by molar-refractivity contribution is 0.0947. The van der Waals surface area contributed by atoms with Gasteiger partial charge in [-0.1, -0.05) is 37.5 Å². The van der Waals surface area contributed by atoms with Gasteiger partial charge in [0.2, 0.25) is 0 Å². The van der Waals surface area contributed by atoms with E-state index in [0.29, 0.717) is 17.8 Å². The molecule has 0 aromatic carbocycles. The predicted octanol–water partition coefficient (Wildman–Crippen LogP) is 2.13. The Morgan fingerprint density at radius 2 is 2.19 bits per heavy atom. The zero-order valence-corrected chi connectivity index (χ0v) is 12.3. The van der Waals surface area contributed by atoms with Gasteiger partial charge in [-0.15, -0.1) is 0 Å². The molecule has 1 amide bonds. The van der Waals surface area contributed by atoms with Crippen molar-refractivity contribution in [2.24, 2.45) is 5.92 Å². The lowest BCUT2D eigenvalue weighted by atomic mass is 10.0. The number of hydrogen-bond acceptors (Lipinski definition) is 3. The van der Waals surface area contributed by atoms with Crippen LogP contribution in [0.5, 0.6) is 0 Å². The molecule has 0 saturated heterocycles. The number of carbonyl (C=O) groups is 1. The van der Waals surface area contributed by atoms with E-state index in [9.17, 15) is 4.79 Å². The van der Waals surface area contributed by atoms with Gasteiger partial charge in [0.1, 0.15) is 12.3 Å². The number of carbonyl (C=O) groups excluding carboxylic acids is 1. The van der Waals surface area contributed by atoms with Crippen LogP contribution < -0.4 is 5.32 Å². The van der Waals surface area contributed by atoms with Crippen molar-refractivity contribution < 1.29 is 9.90 Å². The van der Waals surface area contributed by atoms with Gasteiger partial charge in [0.15, 0.2) is 0 Å². The van der Waals surface area contributed by atoms with Crippen molar-refractivity contribution in [2.45, 2.75) is 38.5 Å². The minimum Gasteiger partial charge on any atom is -0.384 e. The van der Waals surface area contributed by atoms with Crippen molar-refractivity contribution in [3.8, 4) is 11.8 Å². The summed E-state index contributed by atoms with van der Waals surface area (Å²) in [6.45, 7) is 0.534. The standard InChI is InChI=1S/C17H22N2O2/c20-12-4-8-15-9-10-16(19-13-15)17(21)18-11-3-7-14-5-1-2-6-14/h9-10,13-14,20H,1-3,5-7,11-12H2,(H,18,21). The van der Waals surface area contributed by atoms with Crippen LogP contribution in [-0.4, -0.2) is 29.1 Å². The van der Waals surface area contributed by atoms with E-state index in [-0.39, 0.29) is 12.5 Å². The Morgan fingerprint density at radius 3 is 2.86 bits per heavy atom. The summed E-state index contributed by atoms with van der Waals surface area (Å²) >= 11 is 0. The van der Waals surface area contributed by atoms with Crippen molar-refractivity contribution in [3.63, 3.8) is 0 Å². The zero-order valence-electron chi connectivity index (χ0n) is 12.3. The fraction of sp³-hybridized carbons (Fsp3) is 0.529. The molecule has 1 fully saturated rings. The van der Waals surface area contributed by atoms with Crippen LogP contribution in [0.1, 0.15) is 54.6 Å². The van der Waals surface area contributed by atoms with E-state index in [1.54, 1.807) is 18.3 Å². The number of aliphatic hydroxyl groups is 1. The second kappa shape index (κ2) is 8.43. The van der Waals surface area contributed by atoms with Gasteiger partial charge in [-0.2, -0.15) is 0 Å². The topological polar surface area (TPSA) is 62.2 Å².